The van der Waals surface area contributed by atoms with Crippen LogP contribution in [0.1, 0.15) is 36.8 Å². The maximum atomic E-state index is 5.18. The summed E-state index contributed by atoms with van der Waals surface area (Å²) in [5.41, 5.74) is 3.70. The van der Waals surface area contributed by atoms with E-state index in [4.69, 9.17) is 4.74 Å². The van der Waals surface area contributed by atoms with Crippen LogP contribution >= 0.6 is 0 Å². The second-order valence-corrected chi connectivity index (χ2v) is 7.01. The Labute approximate surface area is 145 Å². The first-order valence-corrected chi connectivity index (χ1v) is 9.06. The van der Waals surface area contributed by atoms with Gasteiger partial charge in [0.1, 0.15) is 0 Å². The molecule has 130 valence electrons. The molecule has 24 heavy (non-hydrogen) atoms. The van der Waals surface area contributed by atoms with E-state index < -0.39 is 0 Å². The lowest BCUT2D eigenvalue weighted by atomic mass is 9.93. The van der Waals surface area contributed by atoms with E-state index in [0.717, 1.165) is 24.8 Å². The van der Waals surface area contributed by atoms with Gasteiger partial charge in [0, 0.05) is 38.6 Å². The zero-order chi connectivity index (χ0) is 16.8. The van der Waals surface area contributed by atoms with E-state index in [1.807, 2.05) is 10.9 Å². The van der Waals surface area contributed by atoms with Crippen molar-refractivity contribution in [1.29, 1.82) is 0 Å². The number of ether oxygens (including phenoxy) is 1. The zero-order valence-corrected chi connectivity index (χ0v) is 14.9. The van der Waals surface area contributed by atoms with Crippen molar-refractivity contribution >= 4 is 0 Å². The lowest BCUT2D eigenvalue weighted by molar-refractivity contribution is 0.142. The summed E-state index contributed by atoms with van der Waals surface area (Å²) in [5.74, 6) is 0.820. The molecule has 1 aromatic heterocycles. The molecule has 4 heteroatoms. The summed E-state index contributed by atoms with van der Waals surface area (Å²) in [5, 5.41) is 4.55. The summed E-state index contributed by atoms with van der Waals surface area (Å²) in [6, 6.07) is 8.48. The summed E-state index contributed by atoms with van der Waals surface area (Å²) < 4.78 is 7.17. The third kappa shape index (κ3) is 4.68. The molecule has 1 aromatic carbocycles. The predicted octanol–water partition coefficient (Wildman–Crippen LogP) is 3.82. The van der Waals surface area contributed by atoms with Crippen molar-refractivity contribution in [2.45, 2.75) is 39.2 Å². The Balaban J connectivity index is 1.56. The van der Waals surface area contributed by atoms with Gasteiger partial charge in [0.05, 0.1) is 11.9 Å². The molecule has 1 fully saturated rings. The molecule has 1 atom stereocenters. The minimum absolute atomic E-state index is 0.820. The number of hydrogen-bond acceptors (Lipinski definition) is 3. The Morgan fingerprint density at radius 1 is 1.33 bits per heavy atom. The number of piperidine rings is 1. The molecule has 0 unspecified atom stereocenters. The average Bonchev–Trinajstić information content (AvgIpc) is 3.04. The highest BCUT2D eigenvalue weighted by Crippen LogP contribution is 2.22. The molecule has 0 amide bonds. The largest absolute Gasteiger partial charge is 0.385 e. The van der Waals surface area contributed by atoms with Gasteiger partial charge in [-0.05, 0) is 62.8 Å². The van der Waals surface area contributed by atoms with Crippen LogP contribution in [0, 0.1) is 12.8 Å². The van der Waals surface area contributed by atoms with Crippen LogP contribution in [-0.2, 0) is 11.3 Å². The van der Waals surface area contributed by atoms with Gasteiger partial charge in [0.15, 0.2) is 0 Å². The number of nitrogens with zero attached hydrogens (tertiary/aromatic N) is 3. The van der Waals surface area contributed by atoms with Crippen molar-refractivity contribution in [3.63, 3.8) is 0 Å². The number of aryl methyl sites for hydroxylation is 1. The lowest BCUT2D eigenvalue weighted by Gasteiger charge is -2.32. The first-order valence-electron chi connectivity index (χ1n) is 9.06. The molecule has 0 N–H and O–H groups in total. The number of benzene rings is 1. The van der Waals surface area contributed by atoms with Crippen molar-refractivity contribution in [2.75, 3.05) is 26.8 Å². The van der Waals surface area contributed by atoms with Crippen molar-refractivity contribution in [3.8, 4) is 5.69 Å². The van der Waals surface area contributed by atoms with Gasteiger partial charge in [-0.3, -0.25) is 4.90 Å². The number of likely N-dealkylation sites (tertiary alicyclic amines) is 1. The summed E-state index contributed by atoms with van der Waals surface area (Å²) in [6.45, 7) is 6.42. The van der Waals surface area contributed by atoms with Gasteiger partial charge in [-0.15, -0.1) is 0 Å². The Morgan fingerprint density at radius 2 is 2.25 bits per heavy atom. The number of aromatic nitrogens is 2. The van der Waals surface area contributed by atoms with Crippen LogP contribution in [0.25, 0.3) is 5.69 Å². The highest BCUT2D eigenvalue weighted by Gasteiger charge is 2.20. The van der Waals surface area contributed by atoms with Crippen LogP contribution in [0.15, 0.2) is 36.7 Å². The fraction of sp³-hybridized carbons (Fsp3) is 0.550. The van der Waals surface area contributed by atoms with E-state index in [1.54, 1.807) is 7.11 Å². The number of hydrogen-bond donors (Lipinski definition) is 0. The van der Waals surface area contributed by atoms with Crippen molar-refractivity contribution < 1.29 is 4.74 Å². The van der Waals surface area contributed by atoms with Crippen molar-refractivity contribution in [3.05, 3.63) is 47.8 Å². The van der Waals surface area contributed by atoms with Gasteiger partial charge in [0.2, 0.25) is 0 Å². The normalized spacial score (nSPS) is 18.8. The Morgan fingerprint density at radius 3 is 3.08 bits per heavy atom. The highest BCUT2D eigenvalue weighted by atomic mass is 16.5. The molecular formula is C20H29N3O. The monoisotopic (exact) mass is 327 g/mol. The molecule has 0 saturated carbocycles. The van der Waals surface area contributed by atoms with Gasteiger partial charge in [0.25, 0.3) is 0 Å². The summed E-state index contributed by atoms with van der Waals surface area (Å²) in [4.78, 5) is 2.58. The minimum Gasteiger partial charge on any atom is -0.385 e. The quantitative estimate of drug-likeness (QED) is 0.724. The molecule has 1 aliphatic rings. The van der Waals surface area contributed by atoms with Crippen LogP contribution in [0.4, 0.5) is 0 Å². The first-order chi connectivity index (χ1) is 11.7. The Kier molecular flexibility index (Phi) is 6.05. The van der Waals surface area contributed by atoms with Crippen molar-refractivity contribution in [1.82, 2.24) is 14.7 Å². The van der Waals surface area contributed by atoms with E-state index in [9.17, 15) is 0 Å². The van der Waals surface area contributed by atoms with E-state index >= 15 is 0 Å². The van der Waals surface area contributed by atoms with Crippen LogP contribution in [0.5, 0.6) is 0 Å². The predicted molar refractivity (Wildman–Crippen MR) is 97.4 cm³/mol. The first kappa shape index (κ1) is 17.2. The summed E-state index contributed by atoms with van der Waals surface area (Å²) >= 11 is 0. The maximum Gasteiger partial charge on any atom is 0.0648 e. The number of rotatable bonds is 7. The Hall–Kier alpha value is -1.65. The summed E-state index contributed by atoms with van der Waals surface area (Å²) in [7, 11) is 1.79. The highest BCUT2D eigenvalue weighted by molar-refractivity contribution is 5.35. The molecule has 1 saturated heterocycles. The molecule has 0 aliphatic carbocycles. The SMILES string of the molecule is COCCC[C@H]1CCCN(Cc2cnn(-c3cccc(C)c3)c2)C1. The van der Waals surface area contributed by atoms with E-state index in [1.165, 1.54) is 49.9 Å². The molecule has 2 aromatic rings. The topological polar surface area (TPSA) is 30.3 Å². The Bertz CT molecular complexity index is 637. The van der Waals surface area contributed by atoms with Crippen molar-refractivity contribution in [2.24, 2.45) is 5.92 Å². The maximum absolute atomic E-state index is 5.18. The standard InChI is InChI=1S/C20H29N3O/c1-17-6-3-9-20(12-17)23-16-19(13-21-23)15-22-10-4-7-18(14-22)8-5-11-24-2/h3,6,9,12-13,16,18H,4-5,7-8,10-11,14-15H2,1-2H3/t18-/m1/s1. The van der Waals surface area contributed by atoms with Gasteiger partial charge < -0.3 is 4.74 Å². The van der Waals surface area contributed by atoms with E-state index in [2.05, 4.69) is 47.4 Å². The summed E-state index contributed by atoms with van der Waals surface area (Å²) in [6.07, 6.45) is 9.32. The van der Waals surface area contributed by atoms with Gasteiger partial charge in [-0.1, -0.05) is 12.1 Å². The third-order valence-electron chi connectivity index (χ3n) is 4.87. The minimum atomic E-state index is 0.820. The molecule has 4 nitrogen and oxygen atoms in total. The van der Waals surface area contributed by atoms with E-state index in [0.29, 0.717) is 0 Å². The smallest absolute Gasteiger partial charge is 0.0648 e. The molecule has 1 aliphatic heterocycles. The van der Waals surface area contributed by atoms with Gasteiger partial charge in [-0.2, -0.15) is 5.10 Å². The fourth-order valence-electron chi connectivity index (χ4n) is 3.66. The second kappa shape index (κ2) is 8.45. The van der Waals surface area contributed by atoms with Crippen LogP contribution < -0.4 is 0 Å². The number of methoxy groups -OCH3 is 1. The van der Waals surface area contributed by atoms with Gasteiger partial charge in [-0.25, -0.2) is 4.68 Å². The van der Waals surface area contributed by atoms with Gasteiger partial charge >= 0.3 is 0 Å². The molecular weight excluding hydrogens is 298 g/mol. The molecule has 3 rings (SSSR count). The molecule has 2 heterocycles. The van der Waals surface area contributed by atoms with Crippen LogP contribution in [0.2, 0.25) is 0 Å². The van der Waals surface area contributed by atoms with E-state index in [-0.39, 0.29) is 0 Å². The third-order valence-corrected chi connectivity index (χ3v) is 4.87. The van der Waals surface area contributed by atoms with Crippen LogP contribution in [0.3, 0.4) is 0 Å². The second-order valence-electron chi connectivity index (χ2n) is 7.01. The zero-order valence-electron chi connectivity index (χ0n) is 14.9. The molecule has 0 spiro atoms. The van der Waals surface area contributed by atoms with Crippen LogP contribution in [-0.4, -0.2) is 41.5 Å². The molecule has 0 radical (unpaired) electrons. The average molecular weight is 327 g/mol. The lowest BCUT2D eigenvalue weighted by Crippen LogP contribution is -2.34. The fourth-order valence-corrected chi connectivity index (χ4v) is 3.66. The molecule has 0 bridgehead atoms.